The first kappa shape index (κ1) is 27.1. The molecule has 0 aromatic carbocycles. The van der Waals surface area contributed by atoms with Gasteiger partial charge in [0.1, 0.15) is 5.56 Å². The first-order chi connectivity index (χ1) is 16.9. The van der Waals surface area contributed by atoms with E-state index in [4.69, 9.17) is 4.74 Å². The van der Waals surface area contributed by atoms with Crippen LogP contribution in [0.15, 0.2) is 29.5 Å². The van der Waals surface area contributed by atoms with Gasteiger partial charge in [0.15, 0.2) is 5.82 Å². The molecule has 2 N–H and O–H groups in total. The van der Waals surface area contributed by atoms with Gasteiger partial charge < -0.3 is 15.0 Å². The average molecular weight is 520 g/mol. The molecular formula is C21H22F6N6O3. The maximum absolute atomic E-state index is 13.1. The largest absolute Gasteiger partial charge is 0.423 e. The molecular weight excluding hydrogens is 498 g/mol. The molecule has 3 rings (SSSR count). The number of nitrogens with one attached hydrogen (secondary N) is 2. The molecule has 9 nitrogen and oxygen atoms in total. The smallest absolute Gasteiger partial charge is 0.379 e. The molecule has 196 valence electrons. The Morgan fingerprint density at radius 3 is 2.44 bits per heavy atom. The highest BCUT2D eigenvalue weighted by molar-refractivity contribution is 5.77. The molecule has 0 saturated carbocycles. The van der Waals surface area contributed by atoms with Gasteiger partial charge in [0.05, 0.1) is 37.1 Å². The van der Waals surface area contributed by atoms with E-state index in [1.54, 1.807) is 18.1 Å². The van der Waals surface area contributed by atoms with Gasteiger partial charge in [-0.2, -0.15) is 31.4 Å². The molecule has 0 spiro atoms. The molecule has 0 saturated heterocycles. The lowest BCUT2D eigenvalue weighted by Crippen LogP contribution is -2.35. The third kappa shape index (κ3) is 7.02. The maximum Gasteiger partial charge on any atom is 0.423 e. The summed E-state index contributed by atoms with van der Waals surface area (Å²) in [6, 6.07) is -0.617. The number of aromatic amines is 1. The number of carbonyl (C=O) groups is 1. The molecule has 3 heterocycles. The van der Waals surface area contributed by atoms with Gasteiger partial charge in [-0.05, 0) is 18.9 Å². The summed E-state index contributed by atoms with van der Waals surface area (Å²) in [4.78, 5) is 32.9. The Kier molecular flexibility index (Phi) is 8.32. The van der Waals surface area contributed by atoms with E-state index >= 15 is 0 Å². The molecule has 0 radical (unpaired) electrons. The van der Waals surface area contributed by atoms with Gasteiger partial charge in [0.2, 0.25) is 5.91 Å². The van der Waals surface area contributed by atoms with Crippen molar-refractivity contribution in [2.75, 3.05) is 31.6 Å². The molecule has 0 aliphatic carbocycles. The topological polar surface area (TPSA) is 113 Å². The quantitative estimate of drug-likeness (QED) is 0.406. The summed E-state index contributed by atoms with van der Waals surface area (Å²) in [5.74, 6) is -0.0541. The van der Waals surface area contributed by atoms with Gasteiger partial charge >= 0.3 is 12.4 Å². The summed E-state index contributed by atoms with van der Waals surface area (Å²) in [5, 5.41) is 7.65. The van der Waals surface area contributed by atoms with Gasteiger partial charge in [-0.1, -0.05) is 6.08 Å². The van der Waals surface area contributed by atoms with Crippen LogP contribution in [0.1, 0.15) is 36.7 Å². The van der Waals surface area contributed by atoms with Crippen LogP contribution in [-0.2, 0) is 21.9 Å². The van der Waals surface area contributed by atoms with E-state index in [9.17, 15) is 35.9 Å². The fourth-order valence-corrected chi connectivity index (χ4v) is 3.41. The summed E-state index contributed by atoms with van der Waals surface area (Å²) < 4.78 is 82.6. The molecule has 2 aromatic heterocycles. The van der Waals surface area contributed by atoms with Crippen LogP contribution in [0.4, 0.5) is 32.0 Å². The van der Waals surface area contributed by atoms with E-state index in [0.29, 0.717) is 30.9 Å². The van der Waals surface area contributed by atoms with Crippen molar-refractivity contribution in [3.8, 4) is 0 Å². The van der Waals surface area contributed by atoms with Gasteiger partial charge in [0.25, 0.3) is 5.56 Å². The Labute approximate surface area is 200 Å². The Morgan fingerprint density at radius 2 is 1.86 bits per heavy atom. The minimum absolute atomic E-state index is 0.0136. The number of hydrogen-bond acceptors (Lipinski definition) is 7. The molecule has 0 bridgehead atoms. The zero-order valence-electron chi connectivity index (χ0n) is 18.9. The standard InChI is InChI=1S/C21H22F6N6O3/c1-12(31-15-10-30-32-19(35)17(15)21(25,26)27)11-36-7-4-16(34)33-5-2-13(3-6-33)18-28-8-14(9-29-18)20(22,23)24/h2,8-10,12H,3-7,11H2,1H3,(H2,31,32,35). The molecule has 1 aliphatic rings. The first-order valence-electron chi connectivity index (χ1n) is 10.7. The number of anilines is 1. The Balaban J connectivity index is 1.44. The number of ether oxygens (including phenoxy) is 1. The third-order valence-electron chi connectivity index (χ3n) is 5.20. The molecule has 1 atom stereocenters. The van der Waals surface area contributed by atoms with Crippen molar-refractivity contribution >= 4 is 17.2 Å². The fourth-order valence-electron chi connectivity index (χ4n) is 3.41. The van der Waals surface area contributed by atoms with Crippen molar-refractivity contribution in [3.05, 3.63) is 52.0 Å². The molecule has 2 aromatic rings. The van der Waals surface area contributed by atoms with E-state index in [2.05, 4.69) is 20.4 Å². The number of hydrogen-bond donors (Lipinski definition) is 2. The van der Waals surface area contributed by atoms with Gasteiger partial charge in [-0.3, -0.25) is 9.59 Å². The number of nitrogens with zero attached hydrogens (tertiary/aromatic N) is 4. The zero-order valence-corrected chi connectivity index (χ0v) is 18.9. The van der Waals surface area contributed by atoms with E-state index in [1.165, 1.54) is 4.90 Å². The predicted octanol–water partition coefficient (Wildman–Crippen LogP) is 3.12. The lowest BCUT2D eigenvalue weighted by Gasteiger charge is -2.26. The second-order valence-electron chi connectivity index (χ2n) is 7.97. The second kappa shape index (κ2) is 11.1. The zero-order chi connectivity index (χ0) is 26.5. The second-order valence-corrected chi connectivity index (χ2v) is 7.97. The minimum atomic E-state index is -4.87. The van der Waals surface area contributed by atoms with Crippen molar-refractivity contribution in [1.82, 2.24) is 25.1 Å². The fraction of sp³-hybridized carbons (Fsp3) is 0.476. The van der Waals surface area contributed by atoms with Gasteiger partial charge in [-0.15, -0.1) is 0 Å². The van der Waals surface area contributed by atoms with Crippen molar-refractivity contribution < 1.29 is 35.9 Å². The molecule has 1 unspecified atom stereocenters. The number of rotatable bonds is 8. The van der Waals surface area contributed by atoms with Crippen LogP contribution in [0.25, 0.3) is 5.57 Å². The van der Waals surface area contributed by atoms with Crippen molar-refractivity contribution in [2.45, 2.75) is 38.2 Å². The van der Waals surface area contributed by atoms with Gasteiger partial charge in [0, 0.05) is 31.5 Å². The highest BCUT2D eigenvalue weighted by Crippen LogP contribution is 2.32. The SMILES string of the molecule is CC(COCCC(=O)N1CC=C(c2ncc(C(F)(F)F)cn2)CC1)Nc1cn[nH]c(=O)c1C(F)(F)F. The van der Waals surface area contributed by atoms with Crippen LogP contribution in [0, 0.1) is 0 Å². The number of H-pyrrole nitrogens is 1. The molecule has 1 aliphatic heterocycles. The van der Waals surface area contributed by atoms with E-state index in [0.717, 1.165) is 6.20 Å². The Morgan fingerprint density at radius 1 is 1.17 bits per heavy atom. The summed E-state index contributed by atoms with van der Waals surface area (Å²) >= 11 is 0. The summed E-state index contributed by atoms with van der Waals surface area (Å²) in [6.45, 7) is 2.07. The third-order valence-corrected chi connectivity index (χ3v) is 5.20. The predicted molar refractivity (Wildman–Crippen MR) is 115 cm³/mol. The number of aromatic nitrogens is 4. The Bertz CT molecular complexity index is 1150. The molecule has 36 heavy (non-hydrogen) atoms. The van der Waals surface area contributed by atoms with Crippen LogP contribution in [0.3, 0.4) is 0 Å². The summed E-state index contributed by atoms with van der Waals surface area (Å²) in [7, 11) is 0. The van der Waals surface area contributed by atoms with Crippen LogP contribution in [-0.4, -0.2) is 63.3 Å². The highest BCUT2D eigenvalue weighted by atomic mass is 19.4. The van der Waals surface area contributed by atoms with Crippen molar-refractivity contribution in [3.63, 3.8) is 0 Å². The summed E-state index contributed by atoms with van der Waals surface area (Å²) in [5.41, 5.74) is -3.55. The Hall–Kier alpha value is -3.49. The lowest BCUT2D eigenvalue weighted by molar-refractivity contribution is -0.139. The van der Waals surface area contributed by atoms with Crippen molar-refractivity contribution in [1.29, 1.82) is 0 Å². The van der Waals surface area contributed by atoms with E-state index in [1.807, 2.05) is 0 Å². The van der Waals surface area contributed by atoms with Crippen LogP contribution >= 0.6 is 0 Å². The van der Waals surface area contributed by atoms with Crippen LogP contribution in [0.2, 0.25) is 0 Å². The average Bonchev–Trinajstić information content (AvgIpc) is 2.80. The van der Waals surface area contributed by atoms with Crippen molar-refractivity contribution in [2.24, 2.45) is 0 Å². The number of alkyl halides is 6. The number of halogens is 6. The maximum atomic E-state index is 13.1. The summed E-state index contributed by atoms with van der Waals surface area (Å²) in [6.07, 6.45) is -5.05. The highest BCUT2D eigenvalue weighted by Gasteiger charge is 2.37. The van der Waals surface area contributed by atoms with Crippen LogP contribution < -0.4 is 10.9 Å². The van der Waals surface area contributed by atoms with Crippen LogP contribution in [0.5, 0.6) is 0 Å². The minimum Gasteiger partial charge on any atom is -0.379 e. The van der Waals surface area contributed by atoms with E-state index < -0.39 is 40.8 Å². The molecule has 1 amide bonds. The molecule has 15 heteroatoms. The normalized spacial score (nSPS) is 15.4. The van der Waals surface area contributed by atoms with Gasteiger partial charge in [-0.25, -0.2) is 15.1 Å². The monoisotopic (exact) mass is 520 g/mol. The van der Waals surface area contributed by atoms with E-state index in [-0.39, 0.29) is 37.9 Å². The lowest BCUT2D eigenvalue weighted by atomic mass is 10.1. The first-order valence-corrected chi connectivity index (χ1v) is 10.7. The number of carbonyl (C=O) groups excluding carboxylic acids is 1. The molecule has 0 fully saturated rings. The number of amides is 1.